The number of benzene rings is 2. The van der Waals surface area contributed by atoms with Gasteiger partial charge in [-0.05, 0) is 61.9 Å². The molecule has 0 saturated heterocycles. The lowest BCUT2D eigenvalue weighted by Gasteiger charge is -2.13. The van der Waals surface area contributed by atoms with Gasteiger partial charge in [0, 0.05) is 19.8 Å². The molecule has 0 amide bonds. The smallest absolute Gasteiger partial charge is 0.147 e. The van der Waals surface area contributed by atoms with E-state index in [1.807, 2.05) is 12.1 Å². The molecule has 0 aromatic heterocycles. The molecule has 0 saturated carbocycles. The summed E-state index contributed by atoms with van der Waals surface area (Å²) >= 11 is 0. The van der Waals surface area contributed by atoms with Gasteiger partial charge < -0.3 is 20.9 Å². The molecule has 1 atom stereocenters. The summed E-state index contributed by atoms with van der Waals surface area (Å²) in [5.74, 6) is -0.675. The molecule has 0 fully saturated rings. The first-order valence-corrected chi connectivity index (χ1v) is 11.1. The van der Waals surface area contributed by atoms with E-state index >= 15 is 0 Å². The zero-order valence-corrected chi connectivity index (χ0v) is 19.4. The highest BCUT2D eigenvalue weighted by Gasteiger charge is 2.13. The highest BCUT2D eigenvalue weighted by molar-refractivity contribution is 5.85. The van der Waals surface area contributed by atoms with Crippen LogP contribution in [-0.2, 0) is 11.2 Å². The monoisotopic (exact) mass is 463 g/mol. The maximum absolute atomic E-state index is 13.7. The molecule has 4 N–H and O–H groups in total. The van der Waals surface area contributed by atoms with Crippen LogP contribution < -0.4 is 11.1 Å². The van der Waals surface area contributed by atoms with Crippen LogP contribution in [0.4, 0.5) is 10.1 Å². The van der Waals surface area contributed by atoms with Crippen LogP contribution in [0.2, 0.25) is 0 Å². The first-order valence-electron chi connectivity index (χ1n) is 11.1. The van der Waals surface area contributed by atoms with Gasteiger partial charge in [0.05, 0.1) is 17.4 Å². The van der Waals surface area contributed by atoms with Crippen LogP contribution in [0.15, 0.2) is 42.5 Å². The van der Waals surface area contributed by atoms with Crippen molar-refractivity contribution < 1.29 is 14.2 Å². The SMILES string of the molecule is Cl.N#Cc1cc(C(O)CNCCCCCCOCCCCc2ccccc2)cc(F)c1N. The minimum atomic E-state index is -0.877. The summed E-state index contributed by atoms with van der Waals surface area (Å²) in [7, 11) is 0. The fourth-order valence-corrected chi connectivity index (χ4v) is 3.37. The standard InChI is InChI=1S/C25H34FN3O2.ClH/c26-23-17-21(16-22(18-27)25(23)28)24(30)19-29-13-7-1-2-8-14-31-15-9-6-12-20-10-4-3-5-11-20;/h3-5,10-11,16-17,24,29-30H,1-2,6-9,12-15,19,28H2;1H. The van der Waals surface area contributed by atoms with E-state index in [0.717, 1.165) is 64.7 Å². The van der Waals surface area contributed by atoms with Gasteiger partial charge in [-0.2, -0.15) is 5.26 Å². The fraction of sp³-hybridized carbons (Fsp3) is 0.480. The van der Waals surface area contributed by atoms with E-state index in [9.17, 15) is 9.50 Å². The topological polar surface area (TPSA) is 91.3 Å². The van der Waals surface area contributed by atoms with E-state index in [2.05, 4.69) is 29.6 Å². The normalized spacial score (nSPS) is 11.5. The summed E-state index contributed by atoms with van der Waals surface area (Å²) in [6.45, 7) is 2.72. The van der Waals surface area contributed by atoms with Crippen LogP contribution >= 0.6 is 12.4 Å². The molecular formula is C25H35ClFN3O2. The Morgan fingerprint density at radius 2 is 1.72 bits per heavy atom. The zero-order chi connectivity index (χ0) is 22.3. The number of nitrogens with two attached hydrogens (primary N) is 1. The number of unbranched alkanes of at least 4 members (excludes halogenated alkanes) is 4. The number of aliphatic hydroxyl groups is 1. The van der Waals surface area contributed by atoms with Gasteiger partial charge in [0.2, 0.25) is 0 Å². The number of aryl methyl sites for hydroxylation is 1. The Balaban J connectivity index is 0.00000512. The third kappa shape index (κ3) is 10.4. The lowest BCUT2D eigenvalue weighted by atomic mass is 10.0. The van der Waals surface area contributed by atoms with Crippen LogP contribution in [0.25, 0.3) is 0 Å². The molecule has 2 aromatic carbocycles. The van der Waals surface area contributed by atoms with Gasteiger partial charge in [0.25, 0.3) is 0 Å². The average Bonchev–Trinajstić information content (AvgIpc) is 2.79. The second-order valence-corrected chi connectivity index (χ2v) is 7.76. The van der Waals surface area contributed by atoms with Gasteiger partial charge in [-0.3, -0.25) is 0 Å². The Kier molecular flexibility index (Phi) is 14.3. The number of anilines is 1. The summed E-state index contributed by atoms with van der Waals surface area (Å²) in [5.41, 5.74) is 7.11. The number of nitriles is 1. The maximum atomic E-state index is 13.7. The highest BCUT2D eigenvalue weighted by atomic mass is 35.5. The molecule has 1 unspecified atom stereocenters. The molecule has 176 valence electrons. The predicted octanol–water partition coefficient (Wildman–Crippen LogP) is 4.92. The van der Waals surface area contributed by atoms with E-state index < -0.39 is 11.9 Å². The Morgan fingerprint density at radius 1 is 1.03 bits per heavy atom. The molecule has 2 aromatic rings. The molecular weight excluding hydrogens is 429 g/mol. The molecule has 0 spiro atoms. The number of nitrogen functional groups attached to an aromatic ring is 1. The quantitative estimate of drug-likeness (QED) is 0.257. The molecule has 0 aliphatic rings. The van der Waals surface area contributed by atoms with Gasteiger partial charge in [0.1, 0.15) is 11.9 Å². The van der Waals surface area contributed by atoms with Gasteiger partial charge in [-0.15, -0.1) is 12.4 Å². The number of ether oxygens (including phenoxy) is 1. The van der Waals surface area contributed by atoms with Crippen LogP contribution in [0.5, 0.6) is 0 Å². The predicted molar refractivity (Wildman–Crippen MR) is 129 cm³/mol. The molecule has 0 heterocycles. The largest absolute Gasteiger partial charge is 0.395 e. The van der Waals surface area contributed by atoms with Crippen molar-refractivity contribution in [2.75, 3.05) is 32.0 Å². The van der Waals surface area contributed by atoms with Gasteiger partial charge in [-0.25, -0.2) is 4.39 Å². The average molecular weight is 464 g/mol. The van der Waals surface area contributed by atoms with Crippen molar-refractivity contribution in [1.82, 2.24) is 5.32 Å². The molecule has 7 heteroatoms. The zero-order valence-electron chi connectivity index (χ0n) is 18.6. The van der Waals surface area contributed by atoms with Crippen molar-refractivity contribution in [3.63, 3.8) is 0 Å². The summed E-state index contributed by atoms with van der Waals surface area (Å²) in [4.78, 5) is 0. The maximum Gasteiger partial charge on any atom is 0.147 e. The van der Waals surface area contributed by atoms with Crippen molar-refractivity contribution >= 4 is 18.1 Å². The third-order valence-corrected chi connectivity index (χ3v) is 5.23. The Bertz CT molecular complexity index is 815. The molecule has 0 aliphatic heterocycles. The Hall–Kier alpha value is -2.17. The molecule has 0 radical (unpaired) electrons. The van der Waals surface area contributed by atoms with Crippen molar-refractivity contribution in [3.05, 3.63) is 65.0 Å². The number of halogens is 2. The van der Waals surface area contributed by atoms with Crippen molar-refractivity contribution in [3.8, 4) is 6.07 Å². The molecule has 0 aliphatic carbocycles. The minimum absolute atomic E-state index is 0. The molecule has 5 nitrogen and oxygen atoms in total. The first kappa shape index (κ1) is 27.9. The molecule has 32 heavy (non-hydrogen) atoms. The summed E-state index contributed by atoms with van der Waals surface area (Å²) < 4.78 is 19.4. The fourth-order valence-electron chi connectivity index (χ4n) is 3.37. The number of rotatable bonds is 15. The second kappa shape index (κ2) is 16.5. The van der Waals surface area contributed by atoms with E-state index in [1.165, 1.54) is 17.7 Å². The van der Waals surface area contributed by atoms with Crippen molar-refractivity contribution in [1.29, 1.82) is 5.26 Å². The Morgan fingerprint density at radius 3 is 2.44 bits per heavy atom. The van der Waals surface area contributed by atoms with Gasteiger partial charge in [0.15, 0.2) is 0 Å². The van der Waals surface area contributed by atoms with Crippen LogP contribution in [-0.4, -0.2) is 31.4 Å². The number of nitrogens with zero attached hydrogens (tertiary/aromatic N) is 1. The van der Waals surface area contributed by atoms with E-state index in [4.69, 9.17) is 15.7 Å². The third-order valence-electron chi connectivity index (χ3n) is 5.23. The minimum Gasteiger partial charge on any atom is -0.395 e. The summed E-state index contributed by atoms with van der Waals surface area (Å²) in [6.07, 6.45) is 6.75. The Labute approximate surface area is 197 Å². The van der Waals surface area contributed by atoms with Gasteiger partial charge in [-0.1, -0.05) is 43.2 Å². The molecule has 2 rings (SSSR count). The lowest BCUT2D eigenvalue weighted by Crippen LogP contribution is -2.22. The first-order chi connectivity index (χ1) is 15.1. The lowest BCUT2D eigenvalue weighted by molar-refractivity contribution is 0.126. The van der Waals surface area contributed by atoms with Crippen LogP contribution in [0.1, 0.15) is 61.3 Å². The van der Waals surface area contributed by atoms with E-state index in [1.54, 1.807) is 0 Å². The van der Waals surface area contributed by atoms with Crippen LogP contribution in [0, 0.1) is 17.1 Å². The van der Waals surface area contributed by atoms with Crippen molar-refractivity contribution in [2.24, 2.45) is 0 Å². The van der Waals surface area contributed by atoms with E-state index in [0.29, 0.717) is 12.1 Å². The summed E-state index contributed by atoms with van der Waals surface area (Å²) in [6, 6.07) is 15.0. The summed E-state index contributed by atoms with van der Waals surface area (Å²) in [5, 5.41) is 22.3. The molecule has 0 bridgehead atoms. The van der Waals surface area contributed by atoms with Crippen LogP contribution in [0.3, 0.4) is 0 Å². The van der Waals surface area contributed by atoms with E-state index in [-0.39, 0.29) is 23.7 Å². The van der Waals surface area contributed by atoms with Gasteiger partial charge >= 0.3 is 0 Å². The number of nitrogens with one attached hydrogen (secondary N) is 1. The second-order valence-electron chi connectivity index (χ2n) is 7.76. The number of aliphatic hydroxyl groups excluding tert-OH is 1. The number of hydrogen-bond acceptors (Lipinski definition) is 5. The van der Waals surface area contributed by atoms with Crippen molar-refractivity contribution in [2.45, 2.75) is 51.0 Å². The number of hydrogen-bond donors (Lipinski definition) is 3. The highest BCUT2D eigenvalue weighted by Crippen LogP contribution is 2.22.